The quantitative estimate of drug-likeness (QED) is 0.837. The second-order valence-electron chi connectivity index (χ2n) is 7.70. The number of benzene rings is 1. The number of aromatic nitrogens is 2. The number of carbonyl (C=O) groups is 1. The summed E-state index contributed by atoms with van der Waals surface area (Å²) in [6.07, 6.45) is 1.43. The van der Waals surface area contributed by atoms with Crippen LogP contribution in [-0.4, -0.2) is 46.2 Å². The highest BCUT2D eigenvalue weighted by Gasteiger charge is 2.45. The average Bonchev–Trinajstić information content (AvgIpc) is 3.29. The molecule has 0 N–H and O–H groups in total. The molecule has 1 amide bonds. The van der Waals surface area contributed by atoms with E-state index in [2.05, 4.69) is 53.2 Å². The topological polar surface area (TPSA) is 73.1 Å². The lowest BCUT2D eigenvalue weighted by molar-refractivity contribution is -0.131. The first-order valence-electron chi connectivity index (χ1n) is 9.44. The molecule has 3 heterocycles. The van der Waals surface area contributed by atoms with Crippen molar-refractivity contribution >= 4 is 11.7 Å². The van der Waals surface area contributed by atoms with Gasteiger partial charge in [0.2, 0.25) is 5.91 Å². The van der Waals surface area contributed by atoms with Crippen LogP contribution in [0.1, 0.15) is 43.0 Å². The van der Waals surface area contributed by atoms with E-state index in [0.717, 1.165) is 30.9 Å². The van der Waals surface area contributed by atoms with E-state index >= 15 is 0 Å². The molecule has 0 aliphatic carbocycles. The second kappa shape index (κ2) is 6.99. The zero-order valence-electron chi connectivity index (χ0n) is 15.7. The summed E-state index contributed by atoms with van der Waals surface area (Å²) >= 11 is 0. The summed E-state index contributed by atoms with van der Waals surface area (Å²) in [7, 11) is 0. The lowest BCUT2D eigenvalue weighted by Crippen LogP contribution is -2.49. The summed E-state index contributed by atoms with van der Waals surface area (Å²) in [5.41, 5.74) is 2.69. The van der Waals surface area contributed by atoms with E-state index in [-0.39, 0.29) is 18.0 Å². The van der Waals surface area contributed by atoms with Crippen LogP contribution in [0.2, 0.25) is 0 Å². The zero-order valence-corrected chi connectivity index (χ0v) is 15.7. The molecule has 2 aliphatic heterocycles. The monoisotopic (exact) mass is 361 g/mol. The second-order valence-corrected chi connectivity index (χ2v) is 7.70. The van der Waals surface area contributed by atoms with Crippen molar-refractivity contribution in [2.75, 3.05) is 18.0 Å². The minimum absolute atomic E-state index is 0.199. The largest absolute Gasteiger partial charge is 0.348 e. The Hall–Kier alpha value is -2.94. The maximum Gasteiger partial charge on any atom is 0.227 e. The maximum atomic E-state index is 12.8. The molecular formula is C21H23N5O. The number of anilines is 1. The Bertz CT molecular complexity index is 869. The number of hydrogen-bond donors (Lipinski definition) is 0. The van der Waals surface area contributed by atoms with Crippen LogP contribution < -0.4 is 4.90 Å². The zero-order chi connectivity index (χ0) is 19.0. The standard InChI is InChI=1S/C21H23N5O/c1-14(2)16-5-3-15(4-6-16)9-21(27)26-13-18-10-19(26)12-25(18)20-8-7-17(11-22)23-24-20/h3-8,14,18-19H,9-10,12-13H2,1-2H3. The van der Waals surface area contributed by atoms with Crippen LogP contribution in [-0.2, 0) is 11.2 Å². The van der Waals surface area contributed by atoms with E-state index in [1.54, 1.807) is 6.07 Å². The summed E-state index contributed by atoms with van der Waals surface area (Å²) in [6.45, 7) is 5.86. The van der Waals surface area contributed by atoms with Gasteiger partial charge in [0, 0.05) is 13.1 Å². The van der Waals surface area contributed by atoms with Crippen molar-refractivity contribution in [1.82, 2.24) is 15.1 Å². The smallest absolute Gasteiger partial charge is 0.227 e. The summed E-state index contributed by atoms with van der Waals surface area (Å²) in [6, 6.07) is 14.4. The van der Waals surface area contributed by atoms with Crippen LogP contribution in [0.5, 0.6) is 0 Å². The summed E-state index contributed by atoms with van der Waals surface area (Å²) in [4.78, 5) is 17.0. The number of hydrogen-bond acceptors (Lipinski definition) is 5. The number of nitrogens with zero attached hydrogens (tertiary/aromatic N) is 5. The molecule has 2 aliphatic rings. The first-order valence-corrected chi connectivity index (χ1v) is 9.44. The van der Waals surface area contributed by atoms with Crippen molar-refractivity contribution in [2.45, 2.75) is 44.7 Å². The van der Waals surface area contributed by atoms with Crippen LogP contribution in [0.25, 0.3) is 0 Å². The summed E-state index contributed by atoms with van der Waals surface area (Å²) in [5, 5.41) is 16.9. The van der Waals surface area contributed by atoms with Crippen LogP contribution >= 0.6 is 0 Å². The highest BCUT2D eigenvalue weighted by Crippen LogP contribution is 2.33. The molecule has 4 rings (SSSR count). The van der Waals surface area contributed by atoms with Crippen molar-refractivity contribution in [3.05, 3.63) is 53.2 Å². The van der Waals surface area contributed by atoms with Crippen molar-refractivity contribution in [3.8, 4) is 6.07 Å². The molecule has 2 fully saturated rings. The van der Waals surface area contributed by atoms with Crippen LogP contribution in [0.15, 0.2) is 36.4 Å². The molecule has 2 bridgehead atoms. The molecule has 6 nitrogen and oxygen atoms in total. The van der Waals surface area contributed by atoms with Gasteiger partial charge in [0.05, 0.1) is 18.5 Å². The molecule has 1 aromatic heterocycles. The van der Waals surface area contributed by atoms with Crippen molar-refractivity contribution in [2.24, 2.45) is 0 Å². The van der Waals surface area contributed by atoms with Gasteiger partial charge in [-0.05, 0) is 35.6 Å². The molecule has 27 heavy (non-hydrogen) atoms. The van der Waals surface area contributed by atoms with Crippen molar-refractivity contribution in [3.63, 3.8) is 0 Å². The Morgan fingerprint density at radius 1 is 1.15 bits per heavy atom. The van der Waals surface area contributed by atoms with Crippen molar-refractivity contribution in [1.29, 1.82) is 5.26 Å². The third kappa shape index (κ3) is 3.37. The Morgan fingerprint density at radius 2 is 1.93 bits per heavy atom. The third-order valence-corrected chi connectivity index (χ3v) is 5.62. The average molecular weight is 361 g/mol. The number of amides is 1. The van der Waals surface area contributed by atoms with E-state index in [1.807, 2.05) is 17.0 Å². The Labute approximate surface area is 159 Å². The van der Waals surface area contributed by atoms with Gasteiger partial charge >= 0.3 is 0 Å². The summed E-state index contributed by atoms with van der Waals surface area (Å²) in [5.74, 6) is 1.49. The fraction of sp³-hybridized carbons (Fsp3) is 0.429. The number of rotatable bonds is 4. The molecule has 0 radical (unpaired) electrons. The number of fused-ring (bicyclic) bond motifs is 2. The van der Waals surface area contributed by atoms with Crippen molar-refractivity contribution < 1.29 is 4.79 Å². The molecule has 0 spiro atoms. The molecule has 1 aromatic carbocycles. The number of piperazine rings is 1. The van der Waals surface area contributed by atoms with Crippen LogP contribution in [0.4, 0.5) is 5.82 Å². The first-order chi connectivity index (χ1) is 13.0. The molecule has 2 atom stereocenters. The van der Waals surface area contributed by atoms with Gasteiger partial charge in [-0.15, -0.1) is 10.2 Å². The fourth-order valence-electron chi connectivity index (χ4n) is 4.09. The molecule has 2 unspecified atom stereocenters. The molecule has 138 valence electrons. The third-order valence-electron chi connectivity index (χ3n) is 5.62. The van der Waals surface area contributed by atoms with E-state index in [4.69, 9.17) is 5.26 Å². The minimum Gasteiger partial charge on any atom is -0.348 e. The van der Waals surface area contributed by atoms with Gasteiger partial charge in [-0.1, -0.05) is 38.1 Å². The highest BCUT2D eigenvalue weighted by atomic mass is 16.2. The van der Waals surface area contributed by atoms with Gasteiger partial charge in [0.1, 0.15) is 6.07 Å². The van der Waals surface area contributed by atoms with Crippen LogP contribution in [0, 0.1) is 11.3 Å². The predicted octanol–water partition coefficient (Wildman–Crippen LogP) is 2.50. The molecule has 0 saturated carbocycles. The van der Waals surface area contributed by atoms with E-state index in [9.17, 15) is 4.79 Å². The van der Waals surface area contributed by atoms with Gasteiger partial charge < -0.3 is 9.80 Å². The Morgan fingerprint density at radius 3 is 2.48 bits per heavy atom. The van der Waals surface area contributed by atoms with E-state index in [0.29, 0.717) is 18.0 Å². The van der Waals surface area contributed by atoms with Gasteiger partial charge in [-0.25, -0.2) is 0 Å². The van der Waals surface area contributed by atoms with Gasteiger partial charge in [-0.2, -0.15) is 5.26 Å². The van der Waals surface area contributed by atoms with Gasteiger partial charge in [0.25, 0.3) is 0 Å². The number of nitriles is 1. The molecule has 2 aromatic rings. The molecule has 6 heteroatoms. The van der Waals surface area contributed by atoms with Crippen LogP contribution in [0.3, 0.4) is 0 Å². The normalized spacial score (nSPS) is 21.0. The lowest BCUT2D eigenvalue weighted by atomic mass is 10.0. The Kier molecular flexibility index (Phi) is 4.53. The number of likely N-dealkylation sites (tertiary alicyclic amines) is 1. The summed E-state index contributed by atoms with van der Waals surface area (Å²) < 4.78 is 0. The fourth-order valence-corrected chi connectivity index (χ4v) is 4.09. The Balaban J connectivity index is 1.38. The molecular weight excluding hydrogens is 338 g/mol. The van der Waals surface area contributed by atoms with Gasteiger partial charge in [0.15, 0.2) is 11.5 Å². The highest BCUT2D eigenvalue weighted by molar-refractivity contribution is 5.80. The lowest BCUT2D eigenvalue weighted by Gasteiger charge is -2.34. The minimum atomic E-state index is 0.199. The van der Waals surface area contributed by atoms with E-state index < -0.39 is 0 Å². The maximum absolute atomic E-state index is 12.8. The first kappa shape index (κ1) is 17.5. The van der Waals surface area contributed by atoms with Gasteiger partial charge in [-0.3, -0.25) is 4.79 Å². The SMILES string of the molecule is CC(C)c1ccc(CC(=O)N2CC3CC2CN3c2ccc(C#N)nn2)cc1. The van der Waals surface area contributed by atoms with E-state index in [1.165, 1.54) is 5.56 Å². The molecule has 2 saturated heterocycles. The number of carbonyl (C=O) groups excluding carboxylic acids is 1. The predicted molar refractivity (Wildman–Crippen MR) is 102 cm³/mol.